The number of carbonyl (C=O) groups excluding carboxylic acids is 7. The van der Waals surface area contributed by atoms with Crippen molar-refractivity contribution in [3.05, 3.63) is 11.9 Å². The zero-order valence-electron chi connectivity index (χ0n) is 31.8. The van der Waals surface area contributed by atoms with E-state index in [2.05, 4.69) is 49.1 Å². The van der Waals surface area contributed by atoms with Crippen LogP contribution in [0.5, 0.6) is 0 Å². The van der Waals surface area contributed by atoms with Crippen molar-refractivity contribution in [1.82, 2.24) is 42.5 Å². The molecule has 20 heteroatoms. The molecule has 5 atom stereocenters. The van der Waals surface area contributed by atoms with Crippen molar-refractivity contribution in [2.45, 2.75) is 133 Å². The molecule has 1 fully saturated rings. The van der Waals surface area contributed by atoms with E-state index in [-0.39, 0.29) is 25.3 Å². The number of rotatable bonds is 19. The SMILES string of the molecule is CCCCCCCCCCCCCCCC(=O)NC1CNC(=O)C(C2CCN=C(N)N2)NC(=O)/C(=C/NC(N)=O)NC(=O)C(CO)NC(=O)C(CO)NC1=O. The number of guanidine groups is 1. The smallest absolute Gasteiger partial charge is 0.316 e. The summed E-state index contributed by atoms with van der Waals surface area (Å²) in [6.07, 6.45) is 15.6. The van der Waals surface area contributed by atoms with Crippen molar-refractivity contribution < 1.29 is 43.8 Å². The Labute approximate surface area is 321 Å². The summed E-state index contributed by atoms with van der Waals surface area (Å²) in [5.41, 5.74) is 10.3. The predicted molar refractivity (Wildman–Crippen MR) is 202 cm³/mol. The highest BCUT2D eigenvalue weighted by atomic mass is 16.3. The summed E-state index contributed by atoms with van der Waals surface area (Å²) in [6, 6.07) is -8.20. The fourth-order valence-corrected chi connectivity index (χ4v) is 6.00. The van der Waals surface area contributed by atoms with Crippen molar-refractivity contribution in [1.29, 1.82) is 0 Å². The molecule has 0 aromatic carbocycles. The van der Waals surface area contributed by atoms with Crippen LogP contribution in [0.1, 0.15) is 103 Å². The second-order valence-corrected chi connectivity index (χ2v) is 13.7. The van der Waals surface area contributed by atoms with E-state index in [0.717, 1.165) is 31.9 Å². The molecular weight excluding hydrogens is 718 g/mol. The molecule has 55 heavy (non-hydrogen) atoms. The maximum Gasteiger partial charge on any atom is 0.316 e. The summed E-state index contributed by atoms with van der Waals surface area (Å²) >= 11 is 0. The molecule has 14 N–H and O–H groups in total. The number of hydrogen-bond donors (Lipinski definition) is 12. The van der Waals surface area contributed by atoms with Gasteiger partial charge in [-0.15, -0.1) is 0 Å². The van der Waals surface area contributed by atoms with E-state index in [4.69, 9.17) is 11.5 Å². The van der Waals surface area contributed by atoms with Crippen LogP contribution in [0.3, 0.4) is 0 Å². The quantitative estimate of drug-likeness (QED) is 0.0494. The highest BCUT2D eigenvalue weighted by molar-refractivity contribution is 6.02. The van der Waals surface area contributed by atoms with Crippen LogP contribution in [0.15, 0.2) is 16.9 Å². The van der Waals surface area contributed by atoms with E-state index in [1.54, 1.807) is 0 Å². The van der Waals surface area contributed by atoms with Gasteiger partial charge < -0.3 is 64.2 Å². The van der Waals surface area contributed by atoms with E-state index in [0.29, 0.717) is 6.42 Å². The van der Waals surface area contributed by atoms with Gasteiger partial charge in [0, 0.05) is 25.7 Å². The van der Waals surface area contributed by atoms with Crippen LogP contribution in [0, 0.1) is 0 Å². The minimum Gasteiger partial charge on any atom is -0.394 e. The molecule has 2 aliphatic rings. The van der Waals surface area contributed by atoms with Gasteiger partial charge in [-0.3, -0.25) is 33.8 Å². The highest BCUT2D eigenvalue weighted by Crippen LogP contribution is 2.13. The first-order valence-corrected chi connectivity index (χ1v) is 19.2. The molecular formula is C35H61N11O9. The number of aliphatic hydroxyl groups is 2. The lowest BCUT2D eigenvalue weighted by Crippen LogP contribution is -2.64. The van der Waals surface area contributed by atoms with E-state index in [9.17, 15) is 43.8 Å². The number of unbranched alkanes of at least 4 members (excludes halogenated alkanes) is 12. The number of aliphatic hydroxyl groups excluding tert-OH is 2. The van der Waals surface area contributed by atoms with Gasteiger partial charge in [-0.05, 0) is 12.8 Å². The van der Waals surface area contributed by atoms with Crippen molar-refractivity contribution >= 4 is 47.4 Å². The molecule has 0 bridgehead atoms. The van der Waals surface area contributed by atoms with E-state index in [1.807, 2.05) is 5.32 Å². The van der Waals surface area contributed by atoms with E-state index in [1.165, 1.54) is 51.4 Å². The lowest BCUT2D eigenvalue weighted by atomic mass is 10.0. The Morgan fingerprint density at radius 3 is 1.91 bits per heavy atom. The van der Waals surface area contributed by atoms with Gasteiger partial charge in [0.25, 0.3) is 5.91 Å². The predicted octanol–water partition coefficient (Wildman–Crippen LogP) is -2.18. The largest absolute Gasteiger partial charge is 0.394 e. The van der Waals surface area contributed by atoms with Crippen LogP contribution in [0.4, 0.5) is 4.79 Å². The van der Waals surface area contributed by atoms with Crippen LogP contribution in [0.2, 0.25) is 0 Å². The first-order valence-electron chi connectivity index (χ1n) is 19.2. The Bertz CT molecular complexity index is 1360. The number of hydrogen-bond acceptors (Lipinski definition) is 12. The molecule has 5 unspecified atom stereocenters. The minimum atomic E-state index is -1.72. The van der Waals surface area contributed by atoms with Gasteiger partial charge in [0.15, 0.2) is 5.96 Å². The first kappa shape index (κ1) is 46.2. The maximum absolute atomic E-state index is 13.7. The summed E-state index contributed by atoms with van der Waals surface area (Å²) in [5, 5.41) is 38.9. The van der Waals surface area contributed by atoms with Gasteiger partial charge in [0.05, 0.1) is 19.3 Å². The fourth-order valence-electron chi connectivity index (χ4n) is 6.00. The third kappa shape index (κ3) is 17.8. The number of amides is 8. The standard InChI is InChI=1S/C35H61N11O9/c1-2-3-4-5-6-7-8-9-10-11-12-13-14-15-27(49)41-23-18-39-33(54)28(22-16-17-38-34(36)45-22)46-30(51)24(19-40-35(37)55)42-31(52)25(20-47)44-32(53)26(21-48)43-29(23)50/h19,22-23,25-26,28,47-48H,2-18,20-21H2,1H3,(H,39,54)(H,41,49)(H,42,52)(H,43,50)(H,44,53)(H,46,51)(H3,36,38,45)(H3,37,40,55)/b24-19-. The Morgan fingerprint density at radius 1 is 0.782 bits per heavy atom. The number of nitrogens with zero attached hydrogens (tertiary/aromatic N) is 1. The number of urea groups is 1. The molecule has 2 rings (SSSR count). The number of aliphatic imine (C=N–C) groups is 1. The zero-order chi connectivity index (χ0) is 40.6. The lowest BCUT2D eigenvalue weighted by Gasteiger charge is -2.31. The Kier molecular flexibility index (Phi) is 21.8. The lowest BCUT2D eigenvalue weighted by molar-refractivity contribution is -0.135. The monoisotopic (exact) mass is 779 g/mol. The maximum atomic E-state index is 13.7. The molecule has 0 saturated carbocycles. The molecule has 310 valence electrons. The summed E-state index contributed by atoms with van der Waals surface area (Å²) < 4.78 is 0. The molecule has 1 saturated heterocycles. The van der Waals surface area contributed by atoms with Crippen LogP contribution >= 0.6 is 0 Å². The summed E-state index contributed by atoms with van der Waals surface area (Å²) in [6.45, 7) is -0.0418. The topological polar surface area (TPSA) is 321 Å². The van der Waals surface area contributed by atoms with Gasteiger partial charge in [0.2, 0.25) is 29.5 Å². The van der Waals surface area contributed by atoms with E-state index < -0.39 is 97.1 Å². The Hall–Kier alpha value is -4.98. The number of primary amides is 1. The van der Waals surface area contributed by atoms with Gasteiger partial charge >= 0.3 is 6.03 Å². The number of nitrogens with two attached hydrogens (primary N) is 2. The third-order valence-corrected chi connectivity index (χ3v) is 9.16. The summed E-state index contributed by atoms with van der Waals surface area (Å²) in [4.78, 5) is 95.2. The Balaban J connectivity index is 2.18. The van der Waals surface area contributed by atoms with E-state index >= 15 is 0 Å². The molecule has 0 aromatic rings. The van der Waals surface area contributed by atoms with Crippen LogP contribution in [-0.4, -0.2) is 114 Å². The van der Waals surface area contributed by atoms with Gasteiger partial charge in [-0.25, -0.2) is 4.79 Å². The zero-order valence-corrected chi connectivity index (χ0v) is 31.8. The van der Waals surface area contributed by atoms with Crippen LogP contribution in [-0.2, 0) is 28.8 Å². The van der Waals surface area contributed by atoms with Crippen LogP contribution < -0.4 is 54.0 Å². The highest BCUT2D eigenvalue weighted by Gasteiger charge is 2.35. The minimum absolute atomic E-state index is 0.0147. The summed E-state index contributed by atoms with van der Waals surface area (Å²) in [5.74, 6) is -5.63. The average Bonchev–Trinajstić information content (AvgIpc) is 3.15. The van der Waals surface area contributed by atoms with Crippen molar-refractivity contribution in [2.75, 3.05) is 26.3 Å². The normalized spacial score (nSPS) is 23.6. The van der Waals surface area contributed by atoms with Gasteiger partial charge in [-0.2, -0.15) is 0 Å². The molecule has 0 spiro atoms. The average molecular weight is 780 g/mol. The Morgan fingerprint density at radius 2 is 1.35 bits per heavy atom. The van der Waals surface area contributed by atoms with Crippen LogP contribution in [0.25, 0.3) is 0 Å². The van der Waals surface area contributed by atoms with Crippen molar-refractivity contribution in [3.63, 3.8) is 0 Å². The number of carbonyl (C=O) groups is 7. The second kappa shape index (κ2) is 25.9. The molecule has 0 radical (unpaired) electrons. The first-order chi connectivity index (χ1) is 26.4. The van der Waals surface area contributed by atoms with Gasteiger partial charge in [-0.1, -0.05) is 84.0 Å². The van der Waals surface area contributed by atoms with Gasteiger partial charge in [0.1, 0.15) is 29.9 Å². The van der Waals surface area contributed by atoms with Crippen molar-refractivity contribution in [3.8, 4) is 0 Å². The molecule has 0 aliphatic carbocycles. The van der Waals surface area contributed by atoms with Crippen molar-refractivity contribution in [2.24, 2.45) is 16.5 Å². The number of nitrogens with one attached hydrogen (secondary N) is 8. The molecule has 20 nitrogen and oxygen atoms in total. The molecule has 0 aromatic heterocycles. The third-order valence-electron chi connectivity index (χ3n) is 9.16. The fraction of sp³-hybridized carbons (Fsp3) is 0.714. The molecule has 2 aliphatic heterocycles. The second-order valence-electron chi connectivity index (χ2n) is 13.7. The summed E-state index contributed by atoms with van der Waals surface area (Å²) in [7, 11) is 0. The molecule has 2 heterocycles. The molecule has 8 amide bonds.